The number of Topliss-reactive ketones (excluding diaryl/α,β-unsaturated/α-hetero) is 1. The molecule has 0 aliphatic heterocycles. The average molecular weight is 219 g/mol. The highest BCUT2D eigenvalue weighted by atomic mass is 16.7. The highest BCUT2D eigenvalue weighted by Gasteiger charge is 2.27. The van der Waals surface area contributed by atoms with Gasteiger partial charge in [0.25, 0.3) is 0 Å². The van der Waals surface area contributed by atoms with Gasteiger partial charge in [-0.1, -0.05) is 25.1 Å². The maximum Gasteiger partial charge on any atom is 0.164 e. The molecule has 0 amide bonds. The second kappa shape index (κ2) is 5.12. The van der Waals surface area contributed by atoms with Gasteiger partial charge in [0.1, 0.15) is 6.10 Å². The van der Waals surface area contributed by atoms with E-state index in [0.29, 0.717) is 12.3 Å². The molecule has 0 heterocycles. The molecule has 3 heteroatoms. The van der Waals surface area contributed by atoms with Crippen LogP contribution in [0.3, 0.4) is 0 Å². The van der Waals surface area contributed by atoms with Crippen molar-refractivity contribution in [3.63, 3.8) is 0 Å². The standard InChI is InChI=1S/C13H17NO2/c1-10-7-8-12(15)13(9-10)16-14-11-5-3-2-4-6-11/h2-6,10,13-14H,7-9H2,1H3/t10-,13+/m0/s1. The van der Waals surface area contributed by atoms with Gasteiger partial charge in [-0.2, -0.15) is 0 Å². The molecule has 86 valence electrons. The number of ketones is 1. The Morgan fingerprint density at radius 2 is 2.06 bits per heavy atom. The lowest BCUT2D eigenvalue weighted by Crippen LogP contribution is -2.32. The Balaban J connectivity index is 1.87. The largest absolute Gasteiger partial charge is 0.297 e. The van der Waals surface area contributed by atoms with Gasteiger partial charge in [0.2, 0.25) is 0 Å². The van der Waals surface area contributed by atoms with E-state index in [-0.39, 0.29) is 11.9 Å². The summed E-state index contributed by atoms with van der Waals surface area (Å²) in [7, 11) is 0. The van der Waals surface area contributed by atoms with Crippen LogP contribution in [0.15, 0.2) is 30.3 Å². The van der Waals surface area contributed by atoms with E-state index in [1.54, 1.807) is 0 Å². The van der Waals surface area contributed by atoms with E-state index in [0.717, 1.165) is 18.5 Å². The first kappa shape index (κ1) is 11.1. The van der Waals surface area contributed by atoms with Crippen LogP contribution in [0.4, 0.5) is 5.69 Å². The van der Waals surface area contributed by atoms with Crippen molar-refractivity contribution in [3.05, 3.63) is 30.3 Å². The predicted octanol–water partition coefficient (Wildman–Crippen LogP) is 2.79. The molecule has 2 atom stereocenters. The van der Waals surface area contributed by atoms with Crippen LogP contribution in [-0.4, -0.2) is 11.9 Å². The SMILES string of the molecule is C[C@H]1CCC(=O)[C@H](ONc2ccccc2)C1. The topological polar surface area (TPSA) is 38.3 Å². The molecule has 1 aromatic carbocycles. The van der Waals surface area contributed by atoms with Gasteiger partial charge >= 0.3 is 0 Å². The lowest BCUT2D eigenvalue weighted by molar-refractivity contribution is -0.132. The van der Waals surface area contributed by atoms with E-state index < -0.39 is 0 Å². The molecule has 1 aromatic rings. The summed E-state index contributed by atoms with van der Waals surface area (Å²) in [5.41, 5.74) is 3.73. The lowest BCUT2D eigenvalue weighted by Gasteiger charge is -2.25. The number of carbonyl (C=O) groups is 1. The molecule has 0 radical (unpaired) electrons. The zero-order valence-corrected chi connectivity index (χ0v) is 9.48. The molecule has 0 aromatic heterocycles. The molecule has 0 saturated heterocycles. The molecular formula is C13H17NO2. The average Bonchev–Trinajstić information content (AvgIpc) is 2.32. The van der Waals surface area contributed by atoms with E-state index in [2.05, 4.69) is 12.4 Å². The molecule has 16 heavy (non-hydrogen) atoms. The van der Waals surface area contributed by atoms with Crippen molar-refractivity contribution < 1.29 is 9.63 Å². The van der Waals surface area contributed by atoms with E-state index in [9.17, 15) is 4.79 Å². The van der Waals surface area contributed by atoms with Crippen molar-refractivity contribution in [2.45, 2.75) is 32.3 Å². The second-order valence-corrected chi connectivity index (χ2v) is 4.42. The summed E-state index contributed by atoms with van der Waals surface area (Å²) in [5, 5.41) is 0. The minimum Gasteiger partial charge on any atom is -0.297 e. The van der Waals surface area contributed by atoms with Crippen LogP contribution in [0.1, 0.15) is 26.2 Å². The molecular weight excluding hydrogens is 202 g/mol. The molecule has 0 unspecified atom stereocenters. The Kier molecular flexibility index (Phi) is 3.57. The quantitative estimate of drug-likeness (QED) is 0.794. The molecule has 3 nitrogen and oxygen atoms in total. The molecule has 1 aliphatic rings. The summed E-state index contributed by atoms with van der Waals surface area (Å²) in [6.45, 7) is 2.16. The zero-order chi connectivity index (χ0) is 11.4. The second-order valence-electron chi connectivity index (χ2n) is 4.42. The number of hydrogen-bond acceptors (Lipinski definition) is 3. The fourth-order valence-corrected chi connectivity index (χ4v) is 1.92. The smallest absolute Gasteiger partial charge is 0.164 e. The van der Waals surface area contributed by atoms with Crippen molar-refractivity contribution in [2.24, 2.45) is 5.92 Å². The fourth-order valence-electron chi connectivity index (χ4n) is 1.92. The summed E-state index contributed by atoms with van der Waals surface area (Å²) in [6.07, 6.45) is 2.16. The van der Waals surface area contributed by atoms with E-state index in [4.69, 9.17) is 4.84 Å². The number of benzene rings is 1. The Bertz CT molecular complexity index is 350. The van der Waals surface area contributed by atoms with Gasteiger partial charge in [-0.05, 0) is 30.9 Å². The zero-order valence-electron chi connectivity index (χ0n) is 9.48. The van der Waals surface area contributed by atoms with Crippen molar-refractivity contribution in [1.82, 2.24) is 0 Å². The van der Waals surface area contributed by atoms with Crippen molar-refractivity contribution in [1.29, 1.82) is 0 Å². The normalized spacial score (nSPS) is 25.4. The highest BCUT2D eigenvalue weighted by Crippen LogP contribution is 2.23. The van der Waals surface area contributed by atoms with Crippen LogP contribution in [0.25, 0.3) is 0 Å². The van der Waals surface area contributed by atoms with Crippen LogP contribution in [-0.2, 0) is 9.63 Å². The summed E-state index contributed by atoms with van der Waals surface area (Å²) >= 11 is 0. The van der Waals surface area contributed by atoms with Gasteiger partial charge in [0, 0.05) is 6.42 Å². The molecule has 2 rings (SSSR count). The summed E-state index contributed by atoms with van der Waals surface area (Å²) < 4.78 is 0. The van der Waals surface area contributed by atoms with E-state index >= 15 is 0 Å². The molecule has 0 bridgehead atoms. The van der Waals surface area contributed by atoms with Crippen LogP contribution in [0.5, 0.6) is 0 Å². The third kappa shape index (κ3) is 2.83. The van der Waals surface area contributed by atoms with Gasteiger partial charge in [0.15, 0.2) is 5.78 Å². The maximum absolute atomic E-state index is 11.6. The van der Waals surface area contributed by atoms with Crippen molar-refractivity contribution in [2.75, 3.05) is 5.48 Å². The molecule has 0 spiro atoms. The van der Waals surface area contributed by atoms with Crippen LogP contribution < -0.4 is 5.48 Å². The van der Waals surface area contributed by atoms with Crippen LogP contribution in [0.2, 0.25) is 0 Å². The Labute approximate surface area is 95.8 Å². The number of carbonyl (C=O) groups excluding carboxylic acids is 1. The molecule has 1 saturated carbocycles. The number of para-hydroxylation sites is 1. The maximum atomic E-state index is 11.6. The number of anilines is 1. The third-order valence-corrected chi connectivity index (χ3v) is 2.95. The first-order valence-electron chi connectivity index (χ1n) is 5.75. The third-order valence-electron chi connectivity index (χ3n) is 2.95. The number of hydrogen-bond donors (Lipinski definition) is 1. The molecule has 1 fully saturated rings. The summed E-state index contributed by atoms with van der Waals surface area (Å²) in [5.74, 6) is 0.779. The lowest BCUT2D eigenvalue weighted by atomic mass is 9.88. The minimum atomic E-state index is -0.288. The Morgan fingerprint density at radius 1 is 1.31 bits per heavy atom. The van der Waals surface area contributed by atoms with Gasteiger partial charge in [-0.15, -0.1) is 0 Å². The molecule has 1 N–H and O–H groups in total. The van der Waals surface area contributed by atoms with Gasteiger partial charge in [-0.3, -0.25) is 15.1 Å². The Morgan fingerprint density at radius 3 is 2.81 bits per heavy atom. The van der Waals surface area contributed by atoms with Crippen molar-refractivity contribution in [3.8, 4) is 0 Å². The van der Waals surface area contributed by atoms with Gasteiger partial charge < -0.3 is 0 Å². The summed E-state index contributed by atoms with van der Waals surface area (Å²) in [6, 6.07) is 9.63. The highest BCUT2D eigenvalue weighted by molar-refractivity contribution is 5.83. The first-order valence-corrected chi connectivity index (χ1v) is 5.75. The van der Waals surface area contributed by atoms with Crippen LogP contribution >= 0.6 is 0 Å². The van der Waals surface area contributed by atoms with E-state index in [1.165, 1.54) is 0 Å². The monoisotopic (exact) mass is 219 g/mol. The molecule has 1 aliphatic carbocycles. The van der Waals surface area contributed by atoms with Gasteiger partial charge in [-0.25, -0.2) is 0 Å². The summed E-state index contributed by atoms with van der Waals surface area (Å²) in [4.78, 5) is 17.0. The van der Waals surface area contributed by atoms with Gasteiger partial charge in [0.05, 0.1) is 5.69 Å². The number of rotatable bonds is 3. The first-order chi connectivity index (χ1) is 7.75. The number of nitrogens with one attached hydrogen (secondary N) is 1. The van der Waals surface area contributed by atoms with E-state index in [1.807, 2.05) is 30.3 Å². The van der Waals surface area contributed by atoms with Crippen LogP contribution in [0, 0.1) is 5.92 Å². The predicted molar refractivity (Wildman–Crippen MR) is 63.0 cm³/mol. The Hall–Kier alpha value is -1.35. The minimum absolute atomic E-state index is 0.210. The fraction of sp³-hybridized carbons (Fsp3) is 0.462. The van der Waals surface area contributed by atoms with Crippen molar-refractivity contribution >= 4 is 11.5 Å².